The van der Waals surface area contributed by atoms with Crippen LogP contribution in [0.25, 0.3) is 0 Å². The van der Waals surface area contributed by atoms with E-state index in [-0.39, 0.29) is 6.61 Å². The number of aliphatic hydroxyl groups is 1. The fourth-order valence-corrected chi connectivity index (χ4v) is 3.01. The molecule has 0 aromatic carbocycles. The largest absolute Gasteiger partial charge is 0.388 e. The Balaban J connectivity index is 1.68. The summed E-state index contributed by atoms with van der Waals surface area (Å²) in [5.41, 5.74) is 1.94. The van der Waals surface area contributed by atoms with Crippen LogP contribution in [0.4, 0.5) is 0 Å². The summed E-state index contributed by atoms with van der Waals surface area (Å²) in [6.45, 7) is 4.69. The highest BCUT2D eigenvalue weighted by molar-refractivity contribution is 5.05. The van der Waals surface area contributed by atoms with E-state index in [1.54, 1.807) is 0 Å². The van der Waals surface area contributed by atoms with Gasteiger partial charge in [0, 0.05) is 38.4 Å². The van der Waals surface area contributed by atoms with Gasteiger partial charge in [-0.2, -0.15) is 0 Å². The molecule has 0 aliphatic carbocycles. The maximum absolute atomic E-state index is 9.25. The molecule has 0 bridgehead atoms. The van der Waals surface area contributed by atoms with E-state index >= 15 is 0 Å². The molecule has 118 valence electrons. The number of hydrogen-bond donors (Lipinski definition) is 1. The zero-order valence-electron chi connectivity index (χ0n) is 13.1. The second-order valence-electron chi connectivity index (χ2n) is 5.91. The molecule has 3 heterocycles. The summed E-state index contributed by atoms with van der Waals surface area (Å²) in [4.78, 5) is 11.1. The predicted molar refractivity (Wildman–Crippen MR) is 80.9 cm³/mol. The maximum Gasteiger partial charge on any atom is 0.158 e. The fourth-order valence-electron chi connectivity index (χ4n) is 3.01. The number of aliphatic hydroxyl groups excluding tert-OH is 1. The van der Waals surface area contributed by atoms with Crippen molar-refractivity contribution in [3.8, 4) is 0 Å². The third-order valence-corrected chi connectivity index (χ3v) is 4.23. The molecule has 0 saturated carbocycles. The van der Waals surface area contributed by atoms with Gasteiger partial charge in [0.05, 0.1) is 11.4 Å². The molecule has 1 unspecified atom stereocenters. The molecule has 3 rings (SSSR count). The van der Waals surface area contributed by atoms with Crippen LogP contribution in [-0.4, -0.2) is 47.8 Å². The van der Waals surface area contributed by atoms with Crippen molar-refractivity contribution >= 4 is 0 Å². The Bertz CT molecular complexity index is 623. The van der Waals surface area contributed by atoms with Crippen LogP contribution < -0.4 is 0 Å². The van der Waals surface area contributed by atoms with Crippen LogP contribution in [-0.2, 0) is 20.2 Å². The zero-order chi connectivity index (χ0) is 15.5. The van der Waals surface area contributed by atoms with E-state index in [4.69, 9.17) is 0 Å². The summed E-state index contributed by atoms with van der Waals surface area (Å²) in [6.07, 6.45) is 5.90. The highest BCUT2D eigenvalue weighted by atomic mass is 16.3. The van der Waals surface area contributed by atoms with Gasteiger partial charge >= 0.3 is 0 Å². The minimum absolute atomic E-state index is 0.0705. The molecular formula is C15H22N6O. The molecule has 7 heteroatoms. The highest BCUT2D eigenvalue weighted by Gasteiger charge is 2.26. The molecule has 1 N–H and O–H groups in total. The summed E-state index contributed by atoms with van der Waals surface area (Å²) in [5.74, 6) is 1.94. The molecule has 0 amide bonds. The molecule has 1 aliphatic heterocycles. The van der Waals surface area contributed by atoms with Crippen molar-refractivity contribution in [1.82, 2.24) is 29.6 Å². The molecule has 2 aromatic rings. The Hall–Kier alpha value is -1.86. The Kier molecular flexibility index (Phi) is 4.44. The predicted octanol–water partition coefficient (Wildman–Crippen LogP) is 0.785. The number of aromatic nitrogens is 5. The summed E-state index contributed by atoms with van der Waals surface area (Å²) < 4.78 is 1.92. The molecule has 1 atom stereocenters. The lowest BCUT2D eigenvalue weighted by molar-refractivity contribution is 0.192. The first-order valence-electron chi connectivity index (χ1n) is 7.66. The first kappa shape index (κ1) is 15.1. The van der Waals surface area contributed by atoms with Crippen molar-refractivity contribution in [2.45, 2.75) is 38.8 Å². The first-order chi connectivity index (χ1) is 10.7. The lowest BCUT2D eigenvalue weighted by atomic mass is 9.97. The second kappa shape index (κ2) is 6.50. The van der Waals surface area contributed by atoms with Crippen molar-refractivity contribution in [3.63, 3.8) is 0 Å². The monoisotopic (exact) mass is 302 g/mol. The van der Waals surface area contributed by atoms with Crippen LogP contribution in [0.5, 0.6) is 0 Å². The molecule has 2 aromatic heterocycles. The maximum atomic E-state index is 9.25. The summed E-state index contributed by atoms with van der Waals surface area (Å²) in [7, 11) is 1.92. The highest BCUT2D eigenvalue weighted by Crippen LogP contribution is 2.26. The number of hydrogen-bond acceptors (Lipinski definition) is 6. The van der Waals surface area contributed by atoms with E-state index in [0.29, 0.717) is 11.7 Å². The number of rotatable bonds is 4. The summed E-state index contributed by atoms with van der Waals surface area (Å²) >= 11 is 0. The van der Waals surface area contributed by atoms with Gasteiger partial charge in [-0.25, -0.2) is 0 Å². The van der Waals surface area contributed by atoms with E-state index < -0.39 is 0 Å². The van der Waals surface area contributed by atoms with Gasteiger partial charge in [0.15, 0.2) is 5.82 Å². The van der Waals surface area contributed by atoms with E-state index in [1.165, 1.54) is 0 Å². The van der Waals surface area contributed by atoms with Crippen molar-refractivity contribution in [3.05, 3.63) is 35.4 Å². The van der Waals surface area contributed by atoms with Gasteiger partial charge in [0.1, 0.15) is 12.4 Å². The van der Waals surface area contributed by atoms with Crippen LogP contribution in [0.1, 0.15) is 41.8 Å². The first-order valence-corrected chi connectivity index (χ1v) is 7.66. The molecular weight excluding hydrogens is 280 g/mol. The Morgan fingerprint density at radius 3 is 2.82 bits per heavy atom. The van der Waals surface area contributed by atoms with Gasteiger partial charge in [0.2, 0.25) is 0 Å². The average molecular weight is 302 g/mol. The molecule has 22 heavy (non-hydrogen) atoms. The smallest absolute Gasteiger partial charge is 0.158 e. The number of piperidine rings is 1. The van der Waals surface area contributed by atoms with Crippen LogP contribution >= 0.6 is 0 Å². The summed E-state index contributed by atoms with van der Waals surface area (Å²) in [6, 6.07) is 0. The van der Waals surface area contributed by atoms with E-state index in [0.717, 1.165) is 49.7 Å². The van der Waals surface area contributed by atoms with Gasteiger partial charge < -0.3 is 9.67 Å². The molecule has 7 nitrogen and oxygen atoms in total. The second-order valence-corrected chi connectivity index (χ2v) is 5.91. The minimum atomic E-state index is -0.0705. The Morgan fingerprint density at radius 2 is 2.14 bits per heavy atom. The number of nitrogens with zero attached hydrogens (tertiary/aromatic N) is 6. The third kappa shape index (κ3) is 3.15. The molecule has 0 spiro atoms. The van der Waals surface area contributed by atoms with Gasteiger partial charge in [-0.1, -0.05) is 0 Å². The van der Waals surface area contributed by atoms with E-state index in [9.17, 15) is 5.11 Å². The zero-order valence-corrected chi connectivity index (χ0v) is 13.1. The lowest BCUT2D eigenvalue weighted by Crippen LogP contribution is -2.35. The quantitative estimate of drug-likeness (QED) is 0.899. The number of aryl methyl sites for hydroxylation is 1. The van der Waals surface area contributed by atoms with Gasteiger partial charge in [-0.05, 0) is 26.3 Å². The molecule has 0 radical (unpaired) electrons. The standard InChI is InChI=1S/C15H22N6O/c1-11-6-17-13(7-16-11)9-21-5-3-4-12(8-21)15-19-18-14(10-22)20(15)2/h6-7,12,22H,3-5,8-10H2,1-2H3. The van der Waals surface area contributed by atoms with Crippen LogP contribution in [0.15, 0.2) is 12.4 Å². The summed E-state index contributed by atoms with van der Waals surface area (Å²) in [5, 5.41) is 17.6. The topological polar surface area (TPSA) is 80.0 Å². The van der Waals surface area contributed by atoms with Crippen LogP contribution in [0.3, 0.4) is 0 Å². The van der Waals surface area contributed by atoms with E-state index in [2.05, 4.69) is 25.1 Å². The van der Waals surface area contributed by atoms with Gasteiger partial charge in [-0.15, -0.1) is 10.2 Å². The van der Waals surface area contributed by atoms with Gasteiger partial charge in [-0.3, -0.25) is 14.9 Å². The van der Waals surface area contributed by atoms with Crippen molar-refractivity contribution in [2.24, 2.45) is 7.05 Å². The number of likely N-dealkylation sites (tertiary alicyclic amines) is 1. The molecule has 1 saturated heterocycles. The average Bonchev–Trinajstić information content (AvgIpc) is 2.91. The van der Waals surface area contributed by atoms with Crippen LogP contribution in [0, 0.1) is 6.92 Å². The Morgan fingerprint density at radius 1 is 1.27 bits per heavy atom. The minimum Gasteiger partial charge on any atom is -0.388 e. The van der Waals surface area contributed by atoms with Gasteiger partial charge in [0.25, 0.3) is 0 Å². The van der Waals surface area contributed by atoms with Crippen molar-refractivity contribution in [2.75, 3.05) is 13.1 Å². The third-order valence-electron chi connectivity index (χ3n) is 4.23. The normalized spacial score (nSPS) is 19.5. The molecule has 1 fully saturated rings. The van der Waals surface area contributed by atoms with Crippen molar-refractivity contribution < 1.29 is 5.11 Å². The van der Waals surface area contributed by atoms with Crippen LogP contribution in [0.2, 0.25) is 0 Å². The molecule has 1 aliphatic rings. The lowest BCUT2D eigenvalue weighted by Gasteiger charge is -2.31. The fraction of sp³-hybridized carbons (Fsp3) is 0.600. The van der Waals surface area contributed by atoms with E-state index in [1.807, 2.05) is 30.9 Å². The van der Waals surface area contributed by atoms with Crippen molar-refractivity contribution in [1.29, 1.82) is 0 Å². The Labute approximate surface area is 130 Å². The SMILES string of the molecule is Cc1cnc(CN2CCCC(c3nnc(CO)n3C)C2)cn1.